The molecule has 3 N–H and O–H groups in total. The van der Waals surface area contributed by atoms with Crippen molar-refractivity contribution in [1.82, 2.24) is 19.5 Å². The highest BCUT2D eigenvalue weighted by molar-refractivity contribution is 6.30. The van der Waals surface area contributed by atoms with Crippen molar-refractivity contribution >= 4 is 34.3 Å². The molecule has 3 aromatic rings. The first kappa shape index (κ1) is 18.2. The molecule has 6 nitrogen and oxygen atoms in total. The number of nitrogens with one attached hydrogen (secondary N) is 1. The maximum Gasteiger partial charge on any atom is 0.165 e. The van der Waals surface area contributed by atoms with Crippen molar-refractivity contribution in [3.63, 3.8) is 0 Å². The molecule has 7 heteroatoms. The van der Waals surface area contributed by atoms with E-state index >= 15 is 0 Å². The third kappa shape index (κ3) is 3.92. The Labute approximate surface area is 164 Å². The number of anilines is 2. The first-order valence-electron chi connectivity index (χ1n) is 9.64. The summed E-state index contributed by atoms with van der Waals surface area (Å²) in [5.74, 6) is 1.98. The van der Waals surface area contributed by atoms with Gasteiger partial charge in [-0.05, 0) is 43.9 Å². The van der Waals surface area contributed by atoms with Crippen LogP contribution in [0.2, 0.25) is 5.02 Å². The second-order valence-corrected chi connectivity index (χ2v) is 7.68. The molecular formula is C20H25ClN6. The lowest BCUT2D eigenvalue weighted by Gasteiger charge is -2.28. The molecule has 0 spiro atoms. The Bertz CT molecular complexity index is 937. The molecular weight excluding hydrogens is 360 g/mol. The van der Waals surface area contributed by atoms with Crippen LogP contribution in [0.15, 0.2) is 30.6 Å². The van der Waals surface area contributed by atoms with Crippen LogP contribution >= 0.6 is 11.6 Å². The van der Waals surface area contributed by atoms with E-state index in [0.717, 1.165) is 48.5 Å². The third-order valence-electron chi connectivity index (χ3n) is 5.35. The summed E-state index contributed by atoms with van der Waals surface area (Å²) in [6.07, 6.45) is 7.32. The normalized spacial score (nSPS) is 20.1. The lowest BCUT2D eigenvalue weighted by atomic mass is 9.83. The summed E-state index contributed by atoms with van der Waals surface area (Å²) in [4.78, 5) is 14.2. The number of rotatable bonds is 5. The molecule has 0 radical (unpaired) electrons. The molecule has 0 unspecified atom stereocenters. The van der Waals surface area contributed by atoms with Crippen molar-refractivity contribution in [3.05, 3.63) is 41.4 Å². The third-order valence-corrected chi connectivity index (χ3v) is 5.59. The number of halogens is 1. The van der Waals surface area contributed by atoms with E-state index in [-0.39, 0.29) is 6.04 Å². The molecule has 0 amide bonds. The Morgan fingerprint density at radius 1 is 1.26 bits per heavy atom. The second kappa shape index (κ2) is 7.82. The molecule has 4 rings (SSSR count). The van der Waals surface area contributed by atoms with Crippen molar-refractivity contribution in [2.45, 2.75) is 51.6 Å². The van der Waals surface area contributed by atoms with Gasteiger partial charge in [-0.2, -0.15) is 0 Å². The fourth-order valence-corrected chi connectivity index (χ4v) is 4.02. The predicted octanol–water partition coefficient (Wildman–Crippen LogP) is 4.30. The molecule has 1 aliphatic rings. The van der Waals surface area contributed by atoms with Gasteiger partial charge in [0, 0.05) is 29.7 Å². The zero-order valence-corrected chi connectivity index (χ0v) is 16.3. The van der Waals surface area contributed by atoms with Gasteiger partial charge in [0.15, 0.2) is 17.0 Å². The van der Waals surface area contributed by atoms with Crippen LogP contribution in [-0.4, -0.2) is 25.6 Å². The molecule has 1 fully saturated rings. The van der Waals surface area contributed by atoms with Gasteiger partial charge in [0.25, 0.3) is 0 Å². The summed E-state index contributed by atoms with van der Waals surface area (Å²) in [5.41, 5.74) is 8.86. The Kier molecular flexibility index (Phi) is 5.27. The highest BCUT2D eigenvalue weighted by Crippen LogP contribution is 2.28. The molecule has 142 valence electrons. The number of benzene rings is 1. The minimum atomic E-state index is 0.235. The number of nitrogens with zero attached hydrogens (tertiary/aromatic N) is 4. The Morgan fingerprint density at radius 2 is 2.11 bits per heavy atom. The van der Waals surface area contributed by atoms with Crippen molar-refractivity contribution in [1.29, 1.82) is 0 Å². The number of fused-ring (bicyclic) bond motifs is 1. The molecule has 2 heterocycles. The van der Waals surface area contributed by atoms with Crippen molar-refractivity contribution in [2.75, 3.05) is 5.32 Å². The maximum atomic E-state index is 6.35. The van der Waals surface area contributed by atoms with Gasteiger partial charge in [-0.3, -0.25) is 0 Å². The average molecular weight is 385 g/mol. The fraction of sp³-hybridized carbons (Fsp3) is 0.450. The molecule has 27 heavy (non-hydrogen) atoms. The lowest BCUT2D eigenvalue weighted by Crippen LogP contribution is -2.34. The maximum absolute atomic E-state index is 6.35. The van der Waals surface area contributed by atoms with Gasteiger partial charge in [0.2, 0.25) is 0 Å². The van der Waals surface area contributed by atoms with Crippen LogP contribution in [0.1, 0.15) is 38.4 Å². The van der Waals surface area contributed by atoms with Crippen LogP contribution in [0.4, 0.5) is 11.5 Å². The van der Waals surface area contributed by atoms with E-state index in [9.17, 15) is 0 Å². The number of aryl methyl sites for hydroxylation is 1. The summed E-state index contributed by atoms with van der Waals surface area (Å²) < 4.78 is 2.05. The van der Waals surface area contributed by atoms with Gasteiger partial charge in [0.1, 0.15) is 5.82 Å². The number of aromatic nitrogens is 4. The van der Waals surface area contributed by atoms with Crippen LogP contribution in [-0.2, 0) is 13.0 Å². The van der Waals surface area contributed by atoms with Crippen LogP contribution in [0.5, 0.6) is 0 Å². The number of imidazole rings is 1. The fourth-order valence-electron chi connectivity index (χ4n) is 3.83. The van der Waals surface area contributed by atoms with E-state index in [1.54, 1.807) is 0 Å². The Hall–Kier alpha value is -2.18. The number of hydrogen-bond acceptors (Lipinski definition) is 5. The van der Waals surface area contributed by atoms with Crippen molar-refractivity contribution in [3.8, 4) is 0 Å². The molecule has 0 aliphatic heterocycles. The first-order chi connectivity index (χ1) is 13.1. The minimum absolute atomic E-state index is 0.235. The topological polar surface area (TPSA) is 81.7 Å². The number of hydrogen-bond donors (Lipinski definition) is 2. The Morgan fingerprint density at radius 3 is 2.89 bits per heavy atom. The van der Waals surface area contributed by atoms with Gasteiger partial charge in [-0.25, -0.2) is 15.0 Å². The monoisotopic (exact) mass is 384 g/mol. The number of nitrogens with two attached hydrogens (primary N) is 1. The predicted molar refractivity (Wildman–Crippen MR) is 109 cm³/mol. The minimum Gasteiger partial charge on any atom is -0.338 e. The second-order valence-electron chi connectivity index (χ2n) is 7.24. The lowest BCUT2D eigenvalue weighted by molar-refractivity contribution is 0.302. The zero-order valence-electron chi connectivity index (χ0n) is 15.5. The SMILES string of the molecule is CCn1cnc2c(Nc3cccc(Cl)c3)nc(C[C@@H]3CCCC[C@H]3N)nc21. The standard InChI is InChI=1S/C20H25ClN6/c1-2-27-12-23-18-19(24-15-8-5-7-14(21)11-15)25-17(26-20(18)27)10-13-6-3-4-9-16(13)22/h5,7-8,11-13,16H,2-4,6,9-10,22H2,1H3,(H,24,25,26)/t13-,16+/m0/s1. The first-order valence-corrected chi connectivity index (χ1v) is 10.0. The molecule has 1 aromatic carbocycles. The van der Waals surface area contributed by atoms with E-state index in [1.165, 1.54) is 12.8 Å². The molecule has 0 saturated heterocycles. The van der Waals surface area contributed by atoms with E-state index < -0.39 is 0 Å². The molecule has 1 saturated carbocycles. The van der Waals surface area contributed by atoms with Crippen LogP contribution < -0.4 is 11.1 Å². The smallest absolute Gasteiger partial charge is 0.165 e. The van der Waals surface area contributed by atoms with Gasteiger partial charge < -0.3 is 15.6 Å². The van der Waals surface area contributed by atoms with Crippen LogP contribution in [0.3, 0.4) is 0 Å². The van der Waals surface area contributed by atoms with Crippen molar-refractivity contribution in [2.24, 2.45) is 11.7 Å². The molecule has 0 bridgehead atoms. The van der Waals surface area contributed by atoms with E-state index in [2.05, 4.69) is 17.2 Å². The van der Waals surface area contributed by atoms with Gasteiger partial charge in [0.05, 0.1) is 6.33 Å². The molecule has 2 aromatic heterocycles. The molecule has 1 aliphatic carbocycles. The van der Waals surface area contributed by atoms with Crippen molar-refractivity contribution < 1.29 is 0 Å². The van der Waals surface area contributed by atoms with E-state index in [0.29, 0.717) is 16.8 Å². The highest BCUT2D eigenvalue weighted by Gasteiger charge is 2.24. The van der Waals surface area contributed by atoms with Crippen LogP contribution in [0, 0.1) is 5.92 Å². The summed E-state index contributed by atoms with van der Waals surface area (Å²) in [6.45, 7) is 2.90. The quantitative estimate of drug-likeness (QED) is 0.685. The van der Waals surface area contributed by atoms with E-state index in [4.69, 9.17) is 27.3 Å². The highest BCUT2D eigenvalue weighted by atomic mass is 35.5. The average Bonchev–Trinajstić information content (AvgIpc) is 3.07. The summed E-state index contributed by atoms with van der Waals surface area (Å²) in [5, 5.41) is 4.05. The summed E-state index contributed by atoms with van der Waals surface area (Å²) in [6, 6.07) is 7.84. The summed E-state index contributed by atoms with van der Waals surface area (Å²) >= 11 is 6.13. The van der Waals surface area contributed by atoms with Gasteiger partial charge in [-0.1, -0.05) is 30.5 Å². The summed E-state index contributed by atoms with van der Waals surface area (Å²) in [7, 11) is 0. The Balaban J connectivity index is 1.71. The van der Waals surface area contributed by atoms with Gasteiger partial charge in [-0.15, -0.1) is 0 Å². The largest absolute Gasteiger partial charge is 0.338 e. The van der Waals surface area contributed by atoms with Crippen LogP contribution in [0.25, 0.3) is 11.2 Å². The zero-order chi connectivity index (χ0) is 18.8. The van der Waals surface area contributed by atoms with Gasteiger partial charge >= 0.3 is 0 Å². The molecule has 2 atom stereocenters. The van der Waals surface area contributed by atoms with E-state index in [1.807, 2.05) is 35.2 Å².